The highest BCUT2D eigenvalue weighted by Gasteiger charge is 2.17. The van der Waals surface area contributed by atoms with Crippen LogP contribution in [-0.2, 0) is 0 Å². The number of carbonyl (C=O) groups excluding carboxylic acids is 2. The molecule has 0 atom stereocenters. The first-order valence-electron chi connectivity index (χ1n) is 7.00. The summed E-state index contributed by atoms with van der Waals surface area (Å²) in [5.74, 6) is -3.62. The van der Waals surface area contributed by atoms with Gasteiger partial charge < -0.3 is 0 Å². The number of aromatic nitrogens is 2. The van der Waals surface area contributed by atoms with Crippen LogP contribution in [0.25, 0.3) is 10.8 Å². The smallest absolute Gasteiger partial charge is 0.267 e. The van der Waals surface area contributed by atoms with Crippen molar-refractivity contribution in [2.24, 2.45) is 0 Å². The van der Waals surface area contributed by atoms with Crippen LogP contribution in [0.1, 0.15) is 20.8 Å². The van der Waals surface area contributed by atoms with E-state index in [2.05, 4.69) is 10.2 Å². The molecule has 9 heteroatoms. The van der Waals surface area contributed by atoms with Crippen LogP contribution < -0.4 is 16.4 Å². The van der Waals surface area contributed by atoms with Gasteiger partial charge in [-0.05, 0) is 24.3 Å². The number of H-pyrrole nitrogens is 1. The lowest BCUT2D eigenvalue weighted by atomic mass is 10.1. The van der Waals surface area contributed by atoms with Crippen LogP contribution in [0, 0.1) is 11.6 Å². The monoisotopic (exact) mass is 344 g/mol. The first-order valence-corrected chi connectivity index (χ1v) is 7.00. The number of fused-ring (bicyclic) bond motifs is 1. The third-order valence-electron chi connectivity index (χ3n) is 3.37. The van der Waals surface area contributed by atoms with E-state index in [4.69, 9.17) is 0 Å². The zero-order valence-electron chi connectivity index (χ0n) is 12.5. The van der Waals surface area contributed by atoms with Crippen molar-refractivity contribution < 1.29 is 18.4 Å². The zero-order chi connectivity index (χ0) is 18.0. The van der Waals surface area contributed by atoms with Gasteiger partial charge in [-0.2, -0.15) is 5.10 Å². The Labute approximate surface area is 138 Å². The fourth-order valence-corrected chi connectivity index (χ4v) is 2.20. The van der Waals surface area contributed by atoms with E-state index in [0.29, 0.717) is 6.07 Å². The fourth-order valence-electron chi connectivity index (χ4n) is 2.20. The Hall–Kier alpha value is -3.62. The lowest BCUT2D eigenvalue weighted by Crippen LogP contribution is -2.42. The van der Waals surface area contributed by atoms with E-state index in [1.54, 1.807) is 12.1 Å². The maximum absolute atomic E-state index is 13.5. The lowest BCUT2D eigenvalue weighted by molar-refractivity contribution is 0.0841. The molecule has 3 aromatic rings. The number of hydrogen-bond donors (Lipinski definition) is 3. The lowest BCUT2D eigenvalue weighted by Gasteiger charge is -2.09. The third kappa shape index (κ3) is 3.20. The summed E-state index contributed by atoms with van der Waals surface area (Å²) in [6.07, 6.45) is 0. The summed E-state index contributed by atoms with van der Waals surface area (Å²) in [6.45, 7) is 0. The van der Waals surface area contributed by atoms with Gasteiger partial charge in [-0.25, -0.2) is 13.9 Å². The summed E-state index contributed by atoms with van der Waals surface area (Å²) in [4.78, 5) is 35.7. The Balaban J connectivity index is 1.82. The number of rotatable bonds is 2. The Morgan fingerprint density at radius 2 is 1.64 bits per heavy atom. The minimum absolute atomic E-state index is 0.143. The van der Waals surface area contributed by atoms with Gasteiger partial charge in [0.15, 0.2) is 5.69 Å². The molecule has 0 spiro atoms. The molecule has 2 aromatic carbocycles. The molecule has 1 aromatic heterocycles. The first kappa shape index (κ1) is 16.2. The summed E-state index contributed by atoms with van der Waals surface area (Å²) in [5, 5.41) is 6.34. The number of nitrogens with zero attached hydrogens (tertiary/aromatic N) is 1. The molecule has 7 nitrogen and oxygen atoms in total. The van der Waals surface area contributed by atoms with E-state index < -0.39 is 34.6 Å². The second-order valence-corrected chi connectivity index (χ2v) is 4.98. The summed E-state index contributed by atoms with van der Waals surface area (Å²) in [7, 11) is 0. The molecule has 0 saturated carbocycles. The molecule has 0 aliphatic carbocycles. The number of amides is 2. The minimum Gasteiger partial charge on any atom is -0.267 e. The van der Waals surface area contributed by atoms with Crippen molar-refractivity contribution in [2.45, 2.75) is 0 Å². The van der Waals surface area contributed by atoms with E-state index >= 15 is 0 Å². The molecule has 0 aliphatic rings. The summed E-state index contributed by atoms with van der Waals surface area (Å²) >= 11 is 0. The normalized spacial score (nSPS) is 10.5. The van der Waals surface area contributed by atoms with Crippen LogP contribution in [0.3, 0.4) is 0 Å². The molecule has 2 amide bonds. The number of halogens is 2. The van der Waals surface area contributed by atoms with Gasteiger partial charge in [-0.15, -0.1) is 0 Å². The average Bonchev–Trinajstić information content (AvgIpc) is 2.62. The molecule has 0 radical (unpaired) electrons. The summed E-state index contributed by atoms with van der Waals surface area (Å²) < 4.78 is 26.6. The number of nitrogens with one attached hydrogen (secondary N) is 3. The Bertz CT molecular complexity index is 1050. The third-order valence-corrected chi connectivity index (χ3v) is 3.37. The van der Waals surface area contributed by atoms with Gasteiger partial charge in [0.2, 0.25) is 0 Å². The van der Waals surface area contributed by atoms with Gasteiger partial charge in [0, 0.05) is 5.39 Å². The quantitative estimate of drug-likeness (QED) is 0.609. The van der Waals surface area contributed by atoms with Crippen molar-refractivity contribution in [2.75, 3.05) is 0 Å². The molecule has 3 rings (SSSR count). The number of hydrogen-bond acceptors (Lipinski definition) is 4. The second-order valence-electron chi connectivity index (χ2n) is 4.98. The highest BCUT2D eigenvalue weighted by molar-refractivity contribution is 6.05. The van der Waals surface area contributed by atoms with Gasteiger partial charge in [-0.1, -0.05) is 18.2 Å². The number of benzene rings is 2. The van der Waals surface area contributed by atoms with Crippen molar-refractivity contribution in [1.82, 2.24) is 21.0 Å². The molecule has 3 N–H and O–H groups in total. The van der Waals surface area contributed by atoms with Crippen LogP contribution in [0.15, 0.2) is 47.3 Å². The predicted octanol–water partition coefficient (Wildman–Crippen LogP) is 1.28. The molecule has 25 heavy (non-hydrogen) atoms. The van der Waals surface area contributed by atoms with Gasteiger partial charge in [-0.3, -0.25) is 25.2 Å². The molecule has 0 unspecified atom stereocenters. The largest absolute Gasteiger partial charge is 0.290 e. The van der Waals surface area contributed by atoms with Crippen LogP contribution in [0.2, 0.25) is 0 Å². The van der Waals surface area contributed by atoms with Crippen LogP contribution in [-0.4, -0.2) is 22.0 Å². The molecular formula is C16H10F2N4O3. The fraction of sp³-hybridized carbons (Fsp3) is 0. The zero-order valence-corrected chi connectivity index (χ0v) is 12.5. The SMILES string of the molecule is O=C(NNC(=O)c1n[nH]c(=O)c2ccccc12)c1cc(F)ccc1F. The maximum atomic E-state index is 13.5. The Morgan fingerprint density at radius 1 is 0.960 bits per heavy atom. The molecule has 126 valence electrons. The molecule has 1 heterocycles. The second kappa shape index (κ2) is 6.48. The Morgan fingerprint density at radius 3 is 2.40 bits per heavy atom. The summed E-state index contributed by atoms with van der Waals surface area (Å²) in [5.41, 5.74) is 2.82. The van der Waals surface area contributed by atoms with Crippen molar-refractivity contribution in [1.29, 1.82) is 0 Å². The van der Waals surface area contributed by atoms with E-state index in [1.807, 2.05) is 10.9 Å². The van der Waals surface area contributed by atoms with E-state index in [-0.39, 0.29) is 16.5 Å². The highest BCUT2D eigenvalue weighted by atomic mass is 19.1. The predicted molar refractivity (Wildman–Crippen MR) is 83.7 cm³/mol. The van der Waals surface area contributed by atoms with Crippen molar-refractivity contribution in [3.8, 4) is 0 Å². The van der Waals surface area contributed by atoms with Crippen LogP contribution in [0.4, 0.5) is 8.78 Å². The molecular weight excluding hydrogens is 334 g/mol. The van der Waals surface area contributed by atoms with Gasteiger partial charge in [0.25, 0.3) is 17.4 Å². The standard InChI is InChI=1S/C16H10F2N4O3/c17-8-5-6-12(18)11(7-8)15(24)21-22-16(25)13-9-3-1-2-4-10(9)14(23)20-19-13/h1-7H,(H,20,23)(H,21,24)(H,22,25). The maximum Gasteiger partial charge on any atom is 0.290 e. The van der Waals surface area contributed by atoms with E-state index in [9.17, 15) is 23.2 Å². The van der Waals surface area contributed by atoms with Gasteiger partial charge in [0.05, 0.1) is 10.9 Å². The average molecular weight is 344 g/mol. The number of aromatic amines is 1. The van der Waals surface area contributed by atoms with Gasteiger partial charge >= 0.3 is 0 Å². The van der Waals surface area contributed by atoms with Crippen molar-refractivity contribution in [3.63, 3.8) is 0 Å². The number of carbonyl (C=O) groups is 2. The summed E-state index contributed by atoms with van der Waals surface area (Å²) in [6, 6.07) is 8.61. The Kier molecular flexibility index (Phi) is 4.21. The van der Waals surface area contributed by atoms with E-state index in [1.165, 1.54) is 12.1 Å². The van der Waals surface area contributed by atoms with Crippen LogP contribution in [0.5, 0.6) is 0 Å². The first-order chi connectivity index (χ1) is 12.0. The molecule has 0 saturated heterocycles. The minimum atomic E-state index is -1.04. The van der Waals surface area contributed by atoms with E-state index in [0.717, 1.165) is 12.1 Å². The van der Waals surface area contributed by atoms with Crippen molar-refractivity contribution in [3.05, 3.63) is 75.7 Å². The molecule has 0 fully saturated rings. The van der Waals surface area contributed by atoms with Crippen molar-refractivity contribution >= 4 is 22.6 Å². The molecule has 0 bridgehead atoms. The molecule has 0 aliphatic heterocycles. The number of hydrazine groups is 1. The topological polar surface area (TPSA) is 104 Å². The van der Waals surface area contributed by atoms with Crippen LogP contribution >= 0.6 is 0 Å². The highest BCUT2D eigenvalue weighted by Crippen LogP contribution is 2.12. The van der Waals surface area contributed by atoms with Gasteiger partial charge in [0.1, 0.15) is 11.6 Å².